The van der Waals surface area contributed by atoms with Crippen molar-refractivity contribution in [3.05, 3.63) is 71.3 Å². The number of sulfonamides is 1. The molecule has 2 rings (SSSR count). The Balaban J connectivity index is 2.31. The fourth-order valence-corrected chi connectivity index (χ4v) is 4.50. The lowest BCUT2D eigenvalue weighted by atomic mass is 10.1. The summed E-state index contributed by atoms with van der Waals surface area (Å²) in [6.07, 6.45) is -3.42. The molecule has 0 atom stereocenters. The quantitative estimate of drug-likeness (QED) is 0.647. The molecule has 0 unspecified atom stereocenters. The van der Waals surface area contributed by atoms with Crippen molar-refractivity contribution >= 4 is 21.6 Å². The molecule has 1 amide bonds. The molecular weight excluding hydrogens is 417 g/mol. The number of rotatable bonds is 7. The molecule has 0 spiro atoms. The van der Waals surface area contributed by atoms with Crippen LogP contribution in [0.4, 0.5) is 18.9 Å². The van der Waals surface area contributed by atoms with E-state index in [0.717, 1.165) is 39.2 Å². The lowest BCUT2D eigenvalue weighted by Crippen LogP contribution is -2.38. The summed E-state index contributed by atoms with van der Waals surface area (Å²) in [6.45, 7) is 8.21. The Kier molecular flexibility index (Phi) is 7.10. The van der Waals surface area contributed by atoms with Gasteiger partial charge in [-0.15, -0.1) is 6.58 Å². The molecule has 2 aromatic rings. The van der Waals surface area contributed by atoms with E-state index in [9.17, 15) is 26.4 Å². The molecule has 0 heterocycles. The minimum atomic E-state index is -4.69. The summed E-state index contributed by atoms with van der Waals surface area (Å²) < 4.78 is 65.5. The molecule has 1 N–H and O–H groups in total. The standard InChI is InChI=1S/C21H23F3N2O3S/c1-5-9-26(13-19(27)25-20-15(3)10-14(2)11-16(20)4)30(28,29)18-8-6-7-17(12-18)21(22,23)24/h5-8,10-12H,1,9,13H2,2-4H3,(H,25,27). The van der Waals surface area contributed by atoms with Gasteiger partial charge in [0.25, 0.3) is 0 Å². The van der Waals surface area contributed by atoms with Crippen LogP contribution < -0.4 is 5.32 Å². The molecule has 0 aliphatic heterocycles. The van der Waals surface area contributed by atoms with Crippen LogP contribution in [0.2, 0.25) is 0 Å². The third-order valence-corrected chi connectivity index (χ3v) is 6.20. The van der Waals surface area contributed by atoms with E-state index >= 15 is 0 Å². The number of carbonyl (C=O) groups is 1. The number of aryl methyl sites for hydroxylation is 3. The van der Waals surface area contributed by atoms with E-state index in [1.165, 1.54) is 6.08 Å². The predicted molar refractivity (Wildman–Crippen MR) is 110 cm³/mol. The van der Waals surface area contributed by atoms with Crippen LogP contribution >= 0.6 is 0 Å². The summed E-state index contributed by atoms with van der Waals surface area (Å²) in [5.41, 5.74) is 2.13. The van der Waals surface area contributed by atoms with Crippen molar-refractivity contribution in [1.82, 2.24) is 4.31 Å². The smallest absolute Gasteiger partial charge is 0.324 e. The Bertz CT molecular complexity index is 1040. The zero-order chi connectivity index (χ0) is 22.7. The van der Waals surface area contributed by atoms with Gasteiger partial charge in [-0.05, 0) is 50.1 Å². The average molecular weight is 440 g/mol. The highest BCUT2D eigenvalue weighted by molar-refractivity contribution is 7.89. The Morgan fingerprint density at radius 2 is 1.73 bits per heavy atom. The van der Waals surface area contributed by atoms with Gasteiger partial charge in [0.15, 0.2) is 0 Å². The van der Waals surface area contributed by atoms with E-state index in [1.54, 1.807) is 0 Å². The van der Waals surface area contributed by atoms with Crippen LogP contribution in [0.5, 0.6) is 0 Å². The molecule has 0 radical (unpaired) electrons. The van der Waals surface area contributed by atoms with Crippen molar-refractivity contribution in [2.75, 3.05) is 18.4 Å². The molecule has 2 aromatic carbocycles. The van der Waals surface area contributed by atoms with Crippen molar-refractivity contribution in [3.63, 3.8) is 0 Å². The summed E-state index contributed by atoms with van der Waals surface area (Å²) in [5, 5.41) is 2.69. The topological polar surface area (TPSA) is 66.5 Å². The maximum atomic E-state index is 13.0. The summed E-state index contributed by atoms with van der Waals surface area (Å²) in [6, 6.07) is 7.17. The molecule has 0 aliphatic carbocycles. The third kappa shape index (κ3) is 5.48. The molecule has 0 aromatic heterocycles. The normalized spacial score (nSPS) is 12.1. The zero-order valence-corrected chi connectivity index (χ0v) is 17.7. The number of carbonyl (C=O) groups excluding carboxylic acids is 1. The van der Waals surface area contributed by atoms with E-state index in [4.69, 9.17) is 0 Å². The van der Waals surface area contributed by atoms with Gasteiger partial charge < -0.3 is 5.32 Å². The van der Waals surface area contributed by atoms with Gasteiger partial charge in [-0.25, -0.2) is 8.42 Å². The van der Waals surface area contributed by atoms with Gasteiger partial charge in [0.1, 0.15) is 0 Å². The van der Waals surface area contributed by atoms with Gasteiger partial charge in [-0.3, -0.25) is 4.79 Å². The van der Waals surface area contributed by atoms with Crippen LogP contribution in [0.15, 0.2) is 53.9 Å². The number of hydrogen-bond donors (Lipinski definition) is 1. The lowest BCUT2D eigenvalue weighted by molar-refractivity contribution is -0.137. The molecule has 162 valence electrons. The van der Waals surface area contributed by atoms with Crippen LogP contribution in [0, 0.1) is 20.8 Å². The number of nitrogens with zero attached hydrogens (tertiary/aromatic N) is 1. The van der Waals surface area contributed by atoms with Gasteiger partial charge in [-0.2, -0.15) is 17.5 Å². The van der Waals surface area contributed by atoms with Crippen LogP contribution in [0.25, 0.3) is 0 Å². The predicted octanol–water partition coefficient (Wildman–Crippen LogP) is 4.45. The maximum absolute atomic E-state index is 13.0. The second kappa shape index (κ2) is 9.01. The second-order valence-electron chi connectivity index (χ2n) is 6.93. The number of halogens is 3. The third-order valence-electron chi connectivity index (χ3n) is 4.39. The van der Waals surface area contributed by atoms with Gasteiger partial charge in [0.05, 0.1) is 17.0 Å². The van der Waals surface area contributed by atoms with E-state index in [0.29, 0.717) is 11.8 Å². The van der Waals surface area contributed by atoms with Gasteiger partial charge >= 0.3 is 6.18 Å². The van der Waals surface area contributed by atoms with Crippen LogP contribution in [0.3, 0.4) is 0 Å². The molecule has 0 saturated heterocycles. The Hall–Kier alpha value is -2.65. The molecule has 5 nitrogen and oxygen atoms in total. The Morgan fingerprint density at radius 3 is 2.27 bits per heavy atom. The van der Waals surface area contributed by atoms with Crippen LogP contribution in [0.1, 0.15) is 22.3 Å². The molecule has 0 bridgehead atoms. The highest BCUT2D eigenvalue weighted by Gasteiger charge is 2.33. The Labute approximate surface area is 174 Å². The molecule has 30 heavy (non-hydrogen) atoms. The number of alkyl halides is 3. The van der Waals surface area contributed by atoms with Crippen molar-refractivity contribution in [2.24, 2.45) is 0 Å². The largest absolute Gasteiger partial charge is 0.416 e. The monoisotopic (exact) mass is 440 g/mol. The molecule has 0 saturated carbocycles. The number of nitrogens with one attached hydrogen (secondary N) is 1. The van der Waals surface area contributed by atoms with Crippen molar-refractivity contribution < 1.29 is 26.4 Å². The summed E-state index contributed by atoms with van der Waals surface area (Å²) in [4.78, 5) is 12.0. The average Bonchev–Trinajstić information content (AvgIpc) is 2.63. The van der Waals surface area contributed by atoms with Crippen LogP contribution in [-0.2, 0) is 21.0 Å². The number of hydrogen-bond acceptors (Lipinski definition) is 3. The first-order chi connectivity index (χ1) is 13.9. The van der Waals surface area contributed by atoms with Crippen LogP contribution in [-0.4, -0.2) is 31.7 Å². The minimum Gasteiger partial charge on any atom is -0.324 e. The van der Waals surface area contributed by atoms with Gasteiger partial charge in [-0.1, -0.05) is 29.8 Å². The van der Waals surface area contributed by atoms with Gasteiger partial charge in [0, 0.05) is 12.2 Å². The second-order valence-corrected chi connectivity index (χ2v) is 8.87. The van der Waals surface area contributed by atoms with Crippen molar-refractivity contribution in [1.29, 1.82) is 0 Å². The maximum Gasteiger partial charge on any atom is 0.416 e. The van der Waals surface area contributed by atoms with Gasteiger partial charge in [0.2, 0.25) is 15.9 Å². The first-order valence-corrected chi connectivity index (χ1v) is 10.5. The van der Waals surface area contributed by atoms with Crippen molar-refractivity contribution in [3.8, 4) is 0 Å². The Morgan fingerprint density at radius 1 is 1.13 bits per heavy atom. The molecular formula is C21H23F3N2O3S. The lowest BCUT2D eigenvalue weighted by Gasteiger charge is -2.21. The van der Waals surface area contributed by atoms with E-state index in [2.05, 4.69) is 11.9 Å². The number of anilines is 1. The molecule has 9 heteroatoms. The molecule has 0 aliphatic rings. The van der Waals surface area contributed by atoms with E-state index in [-0.39, 0.29) is 6.54 Å². The fourth-order valence-electron chi connectivity index (χ4n) is 3.09. The summed E-state index contributed by atoms with van der Waals surface area (Å²) >= 11 is 0. The molecule has 0 fully saturated rings. The first kappa shape index (κ1) is 23.6. The van der Waals surface area contributed by atoms with E-state index in [1.807, 2.05) is 32.9 Å². The highest BCUT2D eigenvalue weighted by Crippen LogP contribution is 2.31. The summed E-state index contributed by atoms with van der Waals surface area (Å²) in [7, 11) is -4.36. The number of amides is 1. The SMILES string of the molecule is C=CCN(CC(=O)Nc1c(C)cc(C)cc1C)S(=O)(=O)c1cccc(C(F)(F)F)c1. The fraction of sp³-hybridized carbons (Fsp3) is 0.286. The zero-order valence-electron chi connectivity index (χ0n) is 16.9. The highest BCUT2D eigenvalue weighted by atomic mass is 32.2. The minimum absolute atomic E-state index is 0.238. The first-order valence-electron chi connectivity index (χ1n) is 9.02. The summed E-state index contributed by atoms with van der Waals surface area (Å²) in [5.74, 6) is -0.609. The van der Waals surface area contributed by atoms with E-state index < -0.39 is 39.1 Å². The van der Waals surface area contributed by atoms with Crippen molar-refractivity contribution in [2.45, 2.75) is 31.8 Å². The number of benzene rings is 2.